The minimum Gasteiger partial charge on any atom is -0.351 e. The van der Waals surface area contributed by atoms with Gasteiger partial charge in [-0.3, -0.25) is 19.7 Å². The number of nitrogens with one attached hydrogen (secondary N) is 4. The number of hydrogen-bond donors (Lipinski definition) is 4. The van der Waals surface area contributed by atoms with Crippen LogP contribution in [0.1, 0.15) is 23.3 Å². The third kappa shape index (κ3) is 7.91. The normalized spacial score (nSPS) is 18.5. The van der Waals surface area contributed by atoms with Gasteiger partial charge in [-0.2, -0.15) is 13.2 Å². The molecule has 0 saturated carbocycles. The number of hydrogen-bond acceptors (Lipinski definition) is 6. The van der Waals surface area contributed by atoms with Crippen molar-refractivity contribution in [3.63, 3.8) is 0 Å². The highest BCUT2D eigenvalue weighted by Crippen LogP contribution is 2.33. The Labute approximate surface area is 200 Å². The van der Waals surface area contributed by atoms with Crippen molar-refractivity contribution in [1.82, 2.24) is 16.0 Å². The number of amides is 3. The number of rotatable bonds is 8. The largest absolute Gasteiger partial charge is 0.416 e. The van der Waals surface area contributed by atoms with Gasteiger partial charge in [0, 0.05) is 23.8 Å². The van der Waals surface area contributed by atoms with Crippen LogP contribution in [0.4, 0.5) is 18.9 Å². The molecule has 0 spiro atoms. The molecule has 2 unspecified atom stereocenters. The zero-order chi connectivity index (χ0) is 24.0. The average molecular weight is 521 g/mol. The molecule has 178 valence electrons. The van der Waals surface area contributed by atoms with E-state index in [-0.39, 0.29) is 41.1 Å². The molecule has 1 saturated heterocycles. The quantitative estimate of drug-likeness (QED) is 0.426. The molecule has 7 nitrogen and oxygen atoms in total. The highest BCUT2D eigenvalue weighted by Gasteiger charge is 2.31. The summed E-state index contributed by atoms with van der Waals surface area (Å²) < 4.78 is 38.6. The third-order valence-corrected chi connectivity index (χ3v) is 6.75. The first-order chi connectivity index (χ1) is 15.6. The van der Waals surface area contributed by atoms with E-state index in [0.717, 1.165) is 34.8 Å². The van der Waals surface area contributed by atoms with Gasteiger partial charge in [0.05, 0.1) is 28.6 Å². The second-order valence-electron chi connectivity index (χ2n) is 7.13. The van der Waals surface area contributed by atoms with Gasteiger partial charge in [-0.15, -0.1) is 23.1 Å². The van der Waals surface area contributed by atoms with Gasteiger partial charge in [0.15, 0.2) is 0 Å². The summed E-state index contributed by atoms with van der Waals surface area (Å²) in [6.45, 7) is 0.409. The summed E-state index contributed by atoms with van der Waals surface area (Å²) in [5.74, 6) is -1.24. The second kappa shape index (κ2) is 11.2. The van der Waals surface area contributed by atoms with Gasteiger partial charge in [0.2, 0.25) is 17.7 Å². The molecule has 0 radical (unpaired) electrons. The van der Waals surface area contributed by atoms with E-state index in [1.54, 1.807) is 0 Å². The smallest absolute Gasteiger partial charge is 0.351 e. The average Bonchev–Trinajstić information content (AvgIpc) is 3.25. The molecule has 1 aromatic carbocycles. The van der Waals surface area contributed by atoms with Gasteiger partial charge >= 0.3 is 6.18 Å². The summed E-state index contributed by atoms with van der Waals surface area (Å²) in [5, 5.41) is 12.8. The zero-order valence-electron chi connectivity index (χ0n) is 17.0. The Bertz CT molecular complexity index is 1000. The van der Waals surface area contributed by atoms with Crippen LogP contribution in [0.3, 0.4) is 0 Å². The molecular weight excluding hydrogens is 501 g/mol. The summed E-state index contributed by atoms with van der Waals surface area (Å²) in [5.41, 5.74) is -1.72. The lowest BCUT2D eigenvalue weighted by Crippen LogP contribution is -2.56. The topological polar surface area (TPSA) is 99.3 Å². The fraction of sp³-hybridized carbons (Fsp3) is 0.350. The Morgan fingerprint density at radius 3 is 2.73 bits per heavy atom. The molecule has 1 aromatic heterocycles. The van der Waals surface area contributed by atoms with Gasteiger partial charge in [-0.1, -0.05) is 17.7 Å². The maximum absolute atomic E-state index is 12.9. The van der Waals surface area contributed by atoms with E-state index >= 15 is 0 Å². The molecule has 1 aliphatic rings. The number of anilines is 1. The summed E-state index contributed by atoms with van der Waals surface area (Å²) in [6.07, 6.45) is -4.38. The molecule has 2 aromatic rings. The molecule has 4 N–H and O–H groups in total. The first kappa shape index (κ1) is 25.3. The van der Waals surface area contributed by atoms with E-state index < -0.39 is 29.2 Å². The minimum atomic E-state index is -4.57. The predicted molar refractivity (Wildman–Crippen MR) is 122 cm³/mol. The molecule has 3 amide bonds. The van der Waals surface area contributed by atoms with Crippen molar-refractivity contribution in [1.29, 1.82) is 0 Å². The zero-order valence-corrected chi connectivity index (χ0v) is 19.4. The van der Waals surface area contributed by atoms with Crippen LogP contribution in [0.15, 0.2) is 35.7 Å². The Balaban J connectivity index is 1.47. The summed E-state index contributed by atoms with van der Waals surface area (Å²) in [7, 11) is 0. The van der Waals surface area contributed by atoms with Crippen molar-refractivity contribution < 1.29 is 27.6 Å². The van der Waals surface area contributed by atoms with Crippen LogP contribution in [0.5, 0.6) is 0 Å². The summed E-state index contributed by atoms with van der Waals surface area (Å²) in [4.78, 5) is 37.4. The van der Waals surface area contributed by atoms with E-state index in [4.69, 9.17) is 11.6 Å². The van der Waals surface area contributed by atoms with Crippen molar-refractivity contribution in [3.05, 3.63) is 51.2 Å². The molecule has 0 aliphatic carbocycles. The minimum absolute atomic E-state index is 0.0286. The third-order valence-electron chi connectivity index (χ3n) is 4.53. The molecule has 13 heteroatoms. The van der Waals surface area contributed by atoms with E-state index in [2.05, 4.69) is 21.3 Å². The van der Waals surface area contributed by atoms with E-state index in [9.17, 15) is 27.6 Å². The standard InChI is InChI=1S/C20H20ClF3N4O3S2/c21-14-4-3-11(20(22,23)24)6-15(14)27-18(31)10-33-19-26-12(8-17(30)28-19)7-16(29)25-9-13-2-1-5-32-13/h1-6,12,19,26H,7-10H2,(H,25,29)(H,27,31)(H,28,30). The van der Waals surface area contributed by atoms with E-state index in [1.807, 2.05) is 17.5 Å². The van der Waals surface area contributed by atoms with Crippen molar-refractivity contribution >= 4 is 58.1 Å². The van der Waals surface area contributed by atoms with Gasteiger partial charge in [-0.25, -0.2) is 0 Å². The van der Waals surface area contributed by atoms with Crippen LogP contribution in [0.25, 0.3) is 0 Å². The second-order valence-corrected chi connectivity index (χ2v) is 9.66. The number of thioether (sulfide) groups is 1. The van der Waals surface area contributed by atoms with Gasteiger partial charge in [-0.05, 0) is 29.6 Å². The first-order valence-electron chi connectivity index (χ1n) is 9.73. The fourth-order valence-corrected chi connectivity index (χ4v) is 4.71. The molecular formula is C20H20ClF3N4O3S2. The van der Waals surface area contributed by atoms with Crippen LogP contribution in [0.2, 0.25) is 5.02 Å². The van der Waals surface area contributed by atoms with E-state index in [0.29, 0.717) is 6.54 Å². The molecule has 3 rings (SSSR count). The Kier molecular flexibility index (Phi) is 8.63. The maximum Gasteiger partial charge on any atom is 0.416 e. The van der Waals surface area contributed by atoms with Gasteiger partial charge in [0.1, 0.15) is 5.50 Å². The Morgan fingerprint density at radius 2 is 2.03 bits per heavy atom. The summed E-state index contributed by atoms with van der Waals surface area (Å²) >= 11 is 8.45. The maximum atomic E-state index is 12.9. The number of thiophene rings is 1. The number of benzene rings is 1. The number of carbonyl (C=O) groups excluding carboxylic acids is 3. The number of carbonyl (C=O) groups is 3. The molecule has 0 bridgehead atoms. The van der Waals surface area contributed by atoms with Crippen LogP contribution >= 0.6 is 34.7 Å². The monoisotopic (exact) mass is 520 g/mol. The van der Waals surface area contributed by atoms with Gasteiger partial charge in [0.25, 0.3) is 0 Å². The van der Waals surface area contributed by atoms with Crippen molar-refractivity contribution in [2.75, 3.05) is 11.1 Å². The lowest BCUT2D eigenvalue weighted by atomic mass is 10.1. The van der Waals surface area contributed by atoms with Crippen molar-refractivity contribution in [2.24, 2.45) is 0 Å². The van der Waals surface area contributed by atoms with E-state index in [1.165, 1.54) is 11.3 Å². The molecule has 1 aliphatic heterocycles. The lowest BCUT2D eigenvalue weighted by Gasteiger charge is -2.30. The van der Waals surface area contributed by atoms with Crippen LogP contribution in [0, 0.1) is 0 Å². The number of halogens is 4. The fourth-order valence-electron chi connectivity index (χ4n) is 3.00. The molecule has 33 heavy (non-hydrogen) atoms. The number of alkyl halides is 3. The highest BCUT2D eigenvalue weighted by atomic mass is 35.5. The van der Waals surface area contributed by atoms with Crippen LogP contribution < -0.4 is 21.3 Å². The Morgan fingerprint density at radius 1 is 1.24 bits per heavy atom. The SMILES string of the molecule is O=C(CC1CC(=O)NC(SCC(=O)Nc2cc(C(F)(F)F)ccc2Cl)N1)NCc1cccs1. The summed E-state index contributed by atoms with van der Waals surface area (Å²) in [6, 6.07) is 6.02. The van der Waals surface area contributed by atoms with Gasteiger partial charge < -0.3 is 16.0 Å². The molecule has 2 atom stereocenters. The highest BCUT2D eigenvalue weighted by molar-refractivity contribution is 8.00. The first-order valence-corrected chi connectivity index (χ1v) is 12.0. The van der Waals surface area contributed by atoms with Crippen molar-refractivity contribution in [3.8, 4) is 0 Å². The van der Waals surface area contributed by atoms with Crippen LogP contribution in [-0.4, -0.2) is 35.0 Å². The lowest BCUT2D eigenvalue weighted by molar-refractivity contribution is -0.137. The predicted octanol–water partition coefficient (Wildman–Crippen LogP) is 3.56. The molecule has 1 fully saturated rings. The Hall–Kier alpha value is -2.28. The van der Waals surface area contributed by atoms with Crippen molar-refractivity contribution in [2.45, 2.75) is 37.1 Å². The molecule has 2 heterocycles. The van der Waals surface area contributed by atoms with Crippen LogP contribution in [-0.2, 0) is 27.1 Å².